The Hall–Kier alpha value is -1.55. The van der Waals surface area contributed by atoms with Crippen LogP contribution in [-0.2, 0) is 4.74 Å². The van der Waals surface area contributed by atoms with Gasteiger partial charge in [0.2, 0.25) is 0 Å². The summed E-state index contributed by atoms with van der Waals surface area (Å²) in [5.41, 5.74) is 2.77. The first-order valence-electron chi connectivity index (χ1n) is 6.72. The molecule has 1 aliphatic heterocycles. The molecule has 2 rings (SSSR count). The largest absolute Gasteiger partial charge is 0.387 e. The Morgan fingerprint density at radius 2 is 2.32 bits per heavy atom. The average Bonchev–Trinajstić information content (AvgIpc) is 2.87. The minimum absolute atomic E-state index is 0.117. The summed E-state index contributed by atoms with van der Waals surface area (Å²) in [6.45, 7) is 4.36. The fourth-order valence-corrected chi connectivity index (χ4v) is 2.61. The molecule has 1 atom stereocenters. The van der Waals surface area contributed by atoms with Crippen LogP contribution in [0.3, 0.4) is 0 Å². The number of carbonyl (C=O) groups is 1. The molecule has 1 N–H and O–H groups in total. The first-order valence-corrected chi connectivity index (χ1v) is 6.72. The van der Waals surface area contributed by atoms with E-state index in [9.17, 15) is 4.79 Å². The molecule has 1 amide bonds. The predicted molar refractivity (Wildman–Crippen MR) is 76.6 cm³/mol. The normalized spacial score (nSPS) is 18.7. The lowest BCUT2D eigenvalue weighted by Gasteiger charge is -2.19. The van der Waals surface area contributed by atoms with Crippen molar-refractivity contribution in [1.82, 2.24) is 4.90 Å². The number of hydrogen-bond donors (Lipinski definition) is 1. The van der Waals surface area contributed by atoms with E-state index in [0.717, 1.165) is 42.9 Å². The SMILES string of the molecule is CNc1ccc(C)cc1C(=O)N1CCC(COC)C1. The van der Waals surface area contributed by atoms with Crippen LogP contribution in [0.2, 0.25) is 0 Å². The van der Waals surface area contributed by atoms with Crippen LogP contribution in [0.4, 0.5) is 5.69 Å². The smallest absolute Gasteiger partial charge is 0.255 e. The van der Waals surface area contributed by atoms with E-state index < -0.39 is 0 Å². The van der Waals surface area contributed by atoms with Crippen molar-refractivity contribution in [2.24, 2.45) is 5.92 Å². The number of rotatable bonds is 4. The Bertz CT molecular complexity index is 459. The molecule has 1 heterocycles. The molecule has 1 saturated heterocycles. The highest BCUT2D eigenvalue weighted by atomic mass is 16.5. The summed E-state index contributed by atoms with van der Waals surface area (Å²) in [7, 11) is 3.56. The number of nitrogens with one attached hydrogen (secondary N) is 1. The Morgan fingerprint density at radius 3 is 3.00 bits per heavy atom. The van der Waals surface area contributed by atoms with Crippen LogP contribution in [0.25, 0.3) is 0 Å². The molecule has 1 unspecified atom stereocenters. The maximum Gasteiger partial charge on any atom is 0.255 e. The minimum atomic E-state index is 0.117. The van der Waals surface area contributed by atoms with Crippen LogP contribution < -0.4 is 5.32 Å². The van der Waals surface area contributed by atoms with Crippen LogP contribution in [-0.4, -0.2) is 44.7 Å². The predicted octanol–water partition coefficient (Wildman–Crippen LogP) is 2.15. The summed E-state index contributed by atoms with van der Waals surface area (Å²) in [6.07, 6.45) is 1.03. The van der Waals surface area contributed by atoms with Crippen molar-refractivity contribution in [2.75, 3.05) is 39.2 Å². The first kappa shape index (κ1) is 13.9. The second kappa shape index (κ2) is 6.06. The summed E-state index contributed by atoms with van der Waals surface area (Å²) >= 11 is 0. The Labute approximate surface area is 114 Å². The molecule has 4 nitrogen and oxygen atoms in total. The lowest BCUT2D eigenvalue weighted by Crippen LogP contribution is -2.29. The van der Waals surface area contributed by atoms with Gasteiger partial charge in [-0.2, -0.15) is 0 Å². The van der Waals surface area contributed by atoms with E-state index in [1.165, 1.54) is 0 Å². The second-order valence-corrected chi connectivity index (χ2v) is 5.16. The van der Waals surface area contributed by atoms with Crippen molar-refractivity contribution in [3.8, 4) is 0 Å². The number of ether oxygens (including phenoxy) is 1. The third-order valence-electron chi connectivity index (χ3n) is 3.65. The molecule has 1 aliphatic rings. The number of amides is 1. The highest BCUT2D eigenvalue weighted by Gasteiger charge is 2.27. The Morgan fingerprint density at radius 1 is 1.53 bits per heavy atom. The van der Waals surface area contributed by atoms with Crippen LogP contribution >= 0.6 is 0 Å². The summed E-state index contributed by atoms with van der Waals surface area (Å²) < 4.78 is 5.17. The first-order chi connectivity index (χ1) is 9.15. The summed E-state index contributed by atoms with van der Waals surface area (Å²) in [4.78, 5) is 14.5. The molecule has 4 heteroatoms. The molecular formula is C15H22N2O2. The van der Waals surface area contributed by atoms with Gasteiger partial charge >= 0.3 is 0 Å². The monoisotopic (exact) mass is 262 g/mol. The molecule has 0 aromatic heterocycles. The molecule has 0 aliphatic carbocycles. The van der Waals surface area contributed by atoms with Crippen molar-refractivity contribution in [2.45, 2.75) is 13.3 Å². The topological polar surface area (TPSA) is 41.6 Å². The van der Waals surface area contributed by atoms with Gasteiger partial charge in [0.1, 0.15) is 0 Å². The molecule has 1 aromatic rings. The van der Waals surface area contributed by atoms with Gasteiger partial charge < -0.3 is 15.0 Å². The van der Waals surface area contributed by atoms with E-state index in [1.54, 1.807) is 7.11 Å². The number of benzene rings is 1. The number of methoxy groups -OCH3 is 1. The molecule has 1 aromatic carbocycles. The fraction of sp³-hybridized carbons (Fsp3) is 0.533. The van der Waals surface area contributed by atoms with Gasteiger partial charge in [-0.3, -0.25) is 4.79 Å². The Kier molecular flexibility index (Phi) is 4.43. The van der Waals surface area contributed by atoms with Crippen LogP contribution in [0, 0.1) is 12.8 Å². The molecule has 0 bridgehead atoms. The standard InChI is InChI=1S/C15H22N2O2/c1-11-4-5-14(16-2)13(8-11)15(18)17-7-6-12(9-17)10-19-3/h4-5,8,12,16H,6-7,9-10H2,1-3H3. The third-order valence-corrected chi connectivity index (χ3v) is 3.65. The molecule has 1 fully saturated rings. The van der Waals surface area contributed by atoms with E-state index >= 15 is 0 Å². The van der Waals surface area contributed by atoms with Gasteiger partial charge in [-0.1, -0.05) is 11.6 Å². The molecular weight excluding hydrogens is 240 g/mol. The van der Waals surface area contributed by atoms with Crippen molar-refractivity contribution in [1.29, 1.82) is 0 Å². The number of anilines is 1. The van der Waals surface area contributed by atoms with Crippen molar-refractivity contribution >= 4 is 11.6 Å². The van der Waals surface area contributed by atoms with E-state index in [1.807, 2.05) is 37.1 Å². The van der Waals surface area contributed by atoms with Gasteiger partial charge in [0.15, 0.2) is 0 Å². The van der Waals surface area contributed by atoms with E-state index in [0.29, 0.717) is 5.92 Å². The van der Waals surface area contributed by atoms with E-state index in [2.05, 4.69) is 5.32 Å². The summed E-state index contributed by atoms with van der Waals surface area (Å²) in [5, 5.41) is 3.09. The molecule has 19 heavy (non-hydrogen) atoms. The van der Waals surface area contributed by atoms with Crippen LogP contribution in [0.5, 0.6) is 0 Å². The van der Waals surface area contributed by atoms with E-state index in [-0.39, 0.29) is 5.91 Å². The quantitative estimate of drug-likeness (QED) is 0.904. The van der Waals surface area contributed by atoms with Crippen molar-refractivity contribution in [3.05, 3.63) is 29.3 Å². The number of likely N-dealkylation sites (tertiary alicyclic amines) is 1. The molecule has 0 spiro atoms. The maximum atomic E-state index is 12.6. The van der Waals surface area contributed by atoms with Crippen molar-refractivity contribution in [3.63, 3.8) is 0 Å². The van der Waals surface area contributed by atoms with Crippen molar-refractivity contribution < 1.29 is 9.53 Å². The van der Waals surface area contributed by atoms with Crippen LogP contribution in [0.1, 0.15) is 22.3 Å². The average molecular weight is 262 g/mol. The number of aryl methyl sites for hydroxylation is 1. The summed E-state index contributed by atoms with van der Waals surface area (Å²) in [6, 6.07) is 5.93. The maximum absolute atomic E-state index is 12.6. The zero-order valence-corrected chi connectivity index (χ0v) is 11.9. The summed E-state index contributed by atoms with van der Waals surface area (Å²) in [5.74, 6) is 0.587. The van der Waals surface area contributed by atoms with Gasteiger partial charge in [-0.15, -0.1) is 0 Å². The minimum Gasteiger partial charge on any atom is -0.387 e. The third kappa shape index (κ3) is 3.07. The van der Waals surface area contributed by atoms with Gasteiger partial charge in [0.25, 0.3) is 5.91 Å². The highest BCUT2D eigenvalue weighted by molar-refractivity contribution is 6.00. The van der Waals surface area contributed by atoms with E-state index in [4.69, 9.17) is 4.74 Å². The Balaban J connectivity index is 2.14. The number of hydrogen-bond acceptors (Lipinski definition) is 3. The lowest BCUT2D eigenvalue weighted by atomic mass is 10.1. The van der Waals surface area contributed by atoms with Gasteiger partial charge in [0, 0.05) is 38.9 Å². The zero-order chi connectivity index (χ0) is 13.8. The highest BCUT2D eigenvalue weighted by Crippen LogP contribution is 2.23. The van der Waals surface area contributed by atoms with Crippen LogP contribution in [0.15, 0.2) is 18.2 Å². The molecule has 0 saturated carbocycles. The lowest BCUT2D eigenvalue weighted by molar-refractivity contribution is 0.0776. The fourth-order valence-electron chi connectivity index (χ4n) is 2.61. The number of nitrogens with zero attached hydrogens (tertiary/aromatic N) is 1. The second-order valence-electron chi connectivity index (χ2n) is 5.16. The van der Waals surface area contributed by atoms with Gasteiger partial charge in [0.05, 0.1) is 12.2 Å². The molecule has 0 radical (unpaired) electrons. The zero-order valence-electron chi connectivity index (χ0n) is 11.9. The van der Waals surface area contributed by atoms with Gasteiger partial charge in [-0.25, -0.2) is 0 Å². The number of carbonyl (C=O) groups excluding carboxylic acids is 1. The van der Waals surface area contributed by atoms with Gasteiger partial charge in [-0.05, 0) is 25.5 Å². The molecule has 104 valence electrons.